The van der Waals surface area contributed by atoms with E-state index in [4.69, 9.17) is 14.5 Å². The van der Waals surface area contributed by atoms with Gasteiger partial charge in [0.1, 0.15) is 0 Å². The number of aromatic nitrogens is 3. The SMILES string of the molecule is CC1(COc2cccc(C3CNCCN3Cc3cc(C(=O)O)cc4c3ncn4CC3CCO3)n2)CC(F)(F)C1. The number of carbonyl (C=O) groups is 1. The zero-order valence-corrected chi connectivity index (χ0v) is 21.9. The number of carboxylic acids is 1. The van der Waals surface area contributed by atoms with E-state index in [0.717, 1.165) is 48.4 Å². The van der Waals surface area contributed by atoms with Gasteiger partial charge in [0.2, 0.25) is 11.8 Å². The number of hydrogen-bond donors (Lipinski definition) is 2. The molecule has 9 nitrogen and oxygen atoms in total. The molecule has 3 fully saturated rings. The molecular formula is C28H33F2N5O4. The number of imidazole rings is 1. The Balaban J connectivity index is 1.23. The Kier molecular flexibility index (Phi) is 6.76. The average Bonchev–Trinajstić information content (AvgIpc) is 3.27. The highest BCUT2D eigenvalue weighted by molar-refractivity contribution is 5.93. The van der Waals surface area contributed by atoms with Crippen LogP contribution in [-0.4, -0.2) is 75.4 Å². The zero-order chi connectivity index (χ0) is 27.2. The molecule has 2 atom stereocenters. The van der Waals surface area contributed by atoms with E-state index in [-0.39, 0.29) is 37.2 Å². The van der Waals surface area contributed by atoms with Crippen LogP contribution in [-0.2, 0) is 17.8 Å². The summed E-state index contributed by atoms with van der Waals surface area (Å²) in [5.41, 5.74) is 2.90. The molecule has 0 amide bonds. The van der Waals surface area contributed by atoms with Gasteiger partial charge < -0.3 is 24.5 Å². The maximum Gasteiger partial charge on any atom is 0.335 e. The van der Waals surface area contributed by atoms with Crippen molar-refractivity contribution in [2.24, 2.45) is 5.41 Å². The molecule has 11 heteroatoms. The summed E-state index contributed by atoms with van der Waals surface area (Å²) in [6.45, 7) is 6.09. The number of rotatable bonds is 9. The van der Waals surface area contributed by atoms with Crippen LogP contribution < -0.4 is 10.1 Å². The lowest BCUT2D eigenvalue weighted by Crippen LogP contribution is -2.47. The first-order valence-electron chi connectivity index (χ1n) is 13.4. The number of piperazine rings is 1. The largest absolute Gasteiger partial charge is 0.478 e. The Hall–Kier alpha value is -3.15. The van der Waals surface area contributed by atoms with Crippen molar-refractivity contribution in [1.29, 1.82) is 0 Å². The van der Waals surface area contributed by atoms with E-state index >= 15 is 0 Å². The highest BCUT2D eigenvalue weighted by Gasteiger charge is 2.54. The lowest BCUT2D eigenvalue weighted by molar-refractivity contribution is -0.165. The molecule has 1 saturated carbocycles. The number of carboxylic acid groups (broad SMARTS) is 1. The van der Waals surface area contributed by atoms with Gasteiger partial charge in [0.15, 0.2) is 0 Å². The lowest BCUT2D eigenvalue weighted by atomic mass is 9.68. The molecule has 3 aliphatic rings. The number of nitrogens with zero attached hydrogens (tertiary/aromatic N) is 4. The van der Waals surface area contributed by atoms with Gasteiger partial charge in [-0.05, 0) is 30.2 Å². The molecule has 39 heavy (non-hydrogen) atoms. The van der Waals surface area contributed by atoms with Gasteiger partial charge in [-0.2, -0.15) is 0 Å². The van der Waals surface area contributed by atoms with Crippen molar-refractivity contribution in [3.63, 3.8) is 0 Å². The molecule has 3 aromatic rings. The third-order valence-corrected chi connectivity index (χ3v) is 8.00. The van der Waals surface area contributed by atoms with Crippen LogP contribution in [0.4, 0.5) is 8.78 Å². The number of hydrogen-bond acceptors (Lipinski definition) is 7. The van der Waals surface area contributed by atoms with Gasteiger partial charge in [-0.15, -0.1) is 0 Å². The number of halogens is 2. The first kappa shape index (κ1) is 26.1. The number of ether oxygens (including phenoxy) is 2. The first-order chi connectivity index (χ1) is 18.7. The third-order valence-electron chi connectivity index (χ3n) is 8.00. The van der Waals surface area contributed by atoms with Gasteiger partial charge in [-0.25, -0.2) is 23.5 Å². The molecule has 4 heterocycles. The van der Waals surface area contributed by atoms with E-state index in [9.17, 15) is 18.7 Å². The molecule has 0 spiro atoms. The molecule has 6 rings (SSSR count). The molecule has 2 N–H and O–H groups in total. The predicted octanol–water partition coefficient (Wildman–Crippen LogP) is 3.88. The summed E-state index contributed by atoms with van der Waals surface area (Å²) in [4.78, 5) is 23.6. The highest BCUT2D eigenvalue weighted by atomic mass is 19.3. The van der Waals surface area contributed by atoms with E-state index in [1.165, 1.54) is 0 Å². The Morgan fingerprint density at radius 1 is 1.31 bits per heavy atom. The summed E-state index contributed by atoms with van der Waals surface area (Å²) >= 11 is 0. The first-order valence-corrected chi connectivity index (χ1v) is 13.4. The molecule has 2 aliphatic heterocycles. The van der Waals surface area contributed by atoms with Gasteiger partial charge in [0.25, 0.3) is 0 Å². The van der Waals surface area contributed by atoms with Gasteiger partial charge in [0.05, 0.1) is 53.9 Å². The van der Waals surface area contributed by atoms with E-state index in [1.807, 2.05) is 23.6 Å². The molecule has 2 aromatic heterocycles. The number of nitrogens with one attached hydrogen (secondary N) is 1. The summed E-state index contributed by atoms with van der Waals surface area (Å²) in [6.07, 6.45) is 2.52. The Morgan fingerprint density at radius 2 is 2.13 bits per heavy atom. The molecule has 0 radical (unpaired) electrons. The average molecular weight is 542 g/mol. The van der Waals surface area contributed by atoms with Gasteiger partial charge in [-0.1, -0.05) is 13.0 Å². The fourth-order valence-electron chi connectivity index (χ4n) is 5.96. The Labute approximate surface area is 225 Å². The van der Waals surface area contributed by atoms with Gasteiger partial charge in [0, 0.05) is 57.1 Å². The molecule has 2 saturated heterocycles. The zero-order valence-electron chi connectivity index (χ0n) is 21.9. The number of alkyl halides is 2. The monoisotopic (exact) mass is 541 g/mol. The maximum atomic E-state index is 13.4. The van der Waals surface area contributed by atoms with Crippen LogP contribution in [0.25, 0.3) is 11.0 Å². The van der Waals surface area contributed by atoms with Crippen molar-refractivity contribution >= 4 is 17.0 Å². The number of benzene rings is 1. The van der Waals surface area contributed by atoms with E-state index < -0.39 is 17.3 Å². The molecule has 208 valence electrons. The van der Waals surface area contributed by atoms with Crippen molar-refractivity contribution in [2.45, 2.75) is 57.3 Å². The predicted molar refractivity (Wildman–Crippen MR) is 139 cm³/mol. The summed E-state index contributed by atoms with van der Waals surface area (Å²) < 4.78 is 40.2. The summed E-state index contributed by atoms with van der Waals surface area (Å²) in [5.74, 6) is -3.17. The van der Waals surface area contributed by atoms with Crippen LogP contribution in [0.15, 0.2) is 36.7 Å². The minimum atomic E-state index is -2.61. The van der Waals surface area contributed by atoms with E-state index in [1.54, 1.807) is 24.5 Å². The van der Waals surface area contributed by atoms with Crippen LogP contribution >= 0.6 is 0 Å². The highest BCUT2D eigenvalue weighted by Crippen LogP contribution is 2.51. The van der Waals surface area contributed by atoms with Gasteiger partial charge in [-0.3, -0.25) is 4.90 Å². The lowest BCUT2D eigenvalue weighted by Gasteiger charge is -2.44. The third kappa shape index (κ3) is 5.48. The fourth-order valence-corrected chi connectivity index (χ4v) is 5.96. The number of pyridine rings is 1. The minimum Gasteiger partial charge on any atom is -0.478 e. The summed E-state index contributed by atoms with van der Waals surface area (Å²) in [5, 5.41) is 13.2. The van der Waals surface area contributed by atoms with Crippen LogP contribution in [0.1, 0.15) is 53.8 Å². The van der Waals surface area contributed by atoms with Crippen molar-refractivity contribution in [1.82, 2.24) is 24.8 Å². The van der Waals surface area contributed by atoms with Crippen LogP contribution in [0, 0.1) is 5.41 Å². The molecular weight excluding hydrogens is 508 g/mol. The molecule has 1 aliphatic carbocycles. The second-order valence-corrected chi connectivity index (χ2v) is 11.4. The normalized spacial score (nSPS) is 24.2. The smallest absolute Gasteiger partial charge is 0.335 e. The minimum absolute atomic E-state index is 0.0834. The van der Waals surface area contributed by atoms with E-state index in [2.05, 4.69) is 15.2 Å². The second kappa shape index (κ2) is 10.1. The Morgan fingerprint density at radius 3 is 2.85 bits per heavy atom. The second-order valence-electron chi connectivity index (χ2n) is 11.4. The van der Waals surface area contributed by atoms with Crippen molar-refractivity contribution in [3.05, 3.63) is 53.5 Å². The molecule has 0 bridgehead atoms. The fraction of sp³-hybridized carbons (Fsp3) is 0.536. The maximum absolute atomic E-state index is 13.4. The topological polar surface area (TPSA) is 102 Å². The summed E-state index contributed by atoms with van der Waals surface area (Å²) in [7, 11) is 0. The van der Waals surface area contributed by atoms with Crippen LogP contribution in [0.5, 0.6) is 5.88 Å². The Bertz CT molecular complexity index is 1370. The van der Waals surface area contributed by atoms with Crippen molar-refractivity contribution in [2.75, 3.05) is 32.8 Å². The van der Waals surface area contributed by atoms with Crippen LogP contribution in [0.3, 0.4) is 0 Å². The summed E-state index contributed by atoms with van der Waals surface area (Å²) in [6, 6.07) is 8.87. The van der Waals surface area contributed by atoms with Crippen molar-refractivity contribution in [3.8, 4) is 5.88 Å². The quantitative estimate of drug-likeness (QED) is 0.421. The number of aromatic carboxylic acids is 1. The number of fused-ring (bicyclic) bond motifs is 1. The molecule has 2 unspecified atom stereocenters. The standard InChI is InChI=1S/C28H33F2N5O4/c1-27(14-28(29,30)15-27)16-39-24-4-2-3-21(33-24)23-11-31-6-7-34(23)12-19-9-18(26(36)37)10-22-25(19)32-17-35(22)13-20-5-8-38-20/h2-4,9-10,17,20,23,31H,5-8,11-16H2,1H3,(H,36,37). The van der Waals surface area contributed by atoms with Crippen molar-refractivity contribution < 1.29 is 28.2 Å². The molecule has 1 aromatic carbocycles. The van der Waals surface area contributed by atoms with Gasteiger partial charge >= 0.3 is 5.97 Å². The van der Waals surface area contributed by atoms with E-state index in [0.29, 0.717) is 25.5 Å². The van der Waals surface area contributed by atoms with Crippen LogP contribution in [0.2, 0.25) is 0 Å².